The van der Waals surface area contributed by atoms with Gasteiger partial charge in [-0.05, 0) is 35.9 Å². The van der Waals surface area contributed by atoms with E-state index in [4.69, 9.17) is 0 Å². The summed E-state index contributed by atoms with van der Waals surface area (Å²) in [6, 6.07) is 19.5. The highest BCUT2D eigenvalue weighted by Crippen LogP contribution is 2.24. The van der Waals surface area contributed by atoms with E-state index in [1.165, 1.54) is 11.8 Å². The normalized spacial score (nSPS) is 11.2. The Balaban J connectivity index is 2.02. The first kappa shape index (κ1) is 14.8. The molecule has 102 valence electrons. The molecule has 0 aromatic heterocycles. The number of nitrogens with one attached hydrogen (secondary N) is 1. The lowest BCUT2D eigenvalue weighted by atomic mass is 10.3. The average molecular weight is 301 g/mol. The summed E-state index contributed by atoms with van der Waals surface area (Å²) >= 11 is 2.99. The summed E-state index contributed by atoms with van der Waals surface area (Å²) in [5.74, 6) is -0.0767. The molecule has 0 spiro atoms. The van der Waals surface area contributed by atoms with E-state index in [0.29, 0.717) is 4.91 Å². The van der Waals surface area contributed by atoms with Gasteiger partial charge in [-0.3, -0.25) is 4.79 Å². The van der Waals surface area contributed by atoms with Crippen molar-refractivity contribution in [3.8, 4) is 0 Å². The molecule has 0 aliphatic heterocycles. The van der Waals surface area contributed by atoms with Crippen molar-refractivity contribution in [1.82, 2.24) is 0 Å². The first-order valence-corrected chi connectivity index (χ1v) is 8.22. The van der Waals surface area contributed by atoms with Crippen molar-refractivity contribution in [1.29, 1.82) is 0 Å². The van der Waals surface area contributed by atoms with E-state index < -0.39 is 0 Å². The van der Waals surface area contributed by atoms with Crippen molar-refractivity contribution in [3.63, 3.8) is 0 Å². The molecular weight excluding hydrogens is 286 g/mol. The highest BCUT2D eigenvalue weighted by atomic mass is 32.2. The molecule has 2 aromatic rings. The molecule has 2 rings (SSSR count). The number of para-hydroxylation sites is 1. The van der Waals surface area contributed by atoms with Crippen molar-refractivity contribution < 1.29 is 4.79 Å². The van der Waals surface area contributed by atoms with Crippen LogP contribution in [0.3, 0.4) is 0 Å². The predicted molar refractivity (Wildman–Crippen MR) is 89.0 cm³/mol. The van der Waals surface area contributed by atoms with Gasteiger partial charge in [0.25, 0.3) is 5.91 Å². The third-order valence-electron chi connectivity index (χ3n) is 2.52. The minimum absolute atomic E-state index is 0.0767. The summed E-state index contributed by atoms with van der Waals surface area (Å²) in [6.45, 7) is 0. The fourth-order valence-corrected chi connectivity index (χ4v) is 2.96. The fourth-order valence-electron chi connectivity index (χ4n) is 1.53. The summed E-state index contributed by atoms with van der Waals surface area (Å²) in [7, 11) is 0. The number of amides is 1. The first-order chi connectivity index (χ1) is 9.79. The summed E-state index contributed by atoms with van der Waals surface area (Å²) in [5, 5.41) is 4.77. The number of carbonyl (C=O) groups is 1. The lowest BCUT2D eigenvalue weighted by molar-refractivity contribution is -0.112. The van der Waals surface area contributed by atoms with E-state index in [0.717, 1.165) is 10.6 Å². The van der Waals surface area contributed by atoms with Crippen molar-refractivity contribution in [2.45, 2.75) is 4.90 Å². The monoisotopic (exact) mass is 301 g/mol. The molecule has 1 N–H and O–H groups in total. The predicted octanol–water partition coefficient (Wildman–Crippen LogP) is 4.62. The second-order valence-electron chi connectivity index (χ2n) is 3.94. The van der Waals surface area contributed by atoms with Crippen molar-refractivity contribution in [2.24, 2.45) is 0 Å². The third kappa shape index (κ3) is 4.47. The molecule has 1 amide bonds. The molecule has 0 saturated heterocycles. The topological polar surface area (TPSA) is 29.1 Å². The number of carbonyl (C=O) groups excluding carboxylic acids is 1. The third-order valence-corrected chi connectivity index (χ3v) is 4.31. The molecule has 0 bridgehead atoms. The van der Waals surface area contributed by atoms with Gasteiger partial charge >= 0.3 is 0 Å². The van der Waals surface area contributed by atoms with Gasteiger partial charge < -0.3 is 5.32 Å². The zero-order chi connectivity index (χ0) is 14.2. The number of rotatable bonds is 5. The van der Waals surface area contributed by atoms with Gasteiger partial charge in [0.2, 0.25) is 0 Å². The van der Waals surface area contributed by atoms with Crippen LogP contribution in [-0.2, 0) is 4.79 Å². The zero-order valence-corrected chi connectivity index (χ0v) is 12.7. The Morgan fingerprint density at radius 1 is 1.00 bits per heavy atom. The molecule has 0 radical (unpaired) electrons. The van der Waals surface area contributed by atoms with Gasteiger partial charge in [-0.2, -0.15) is 0 Å². The maximum atomic E-state index is 12.2. The number of anilines is 1. The number of hydrogen-bond acceptors (Lipinski definition) is 3. The van der Waals surface area contributed by atoms with Crippen molar-refractivity contribution >= 4 is 35.1 Å². The zero-order valence-electron chi connectivity index (χ0n) is 11.1. The molecule has 0 heterocycles. The van der Waals surface area contributed by atoms with Crippen molar-refractivity contribution in [2.75, 3.05) is 11.6 Å². The van der Waals surface area contributed by atoms with Gasteiger partial charge in [0.15, 0.2) is 0 Å². The summed E-state index contributed by atoms with van der Waals surface area (Å²) in [6.07, 6.45) is 1.90. The van der Waals surface area contributed by atoms with Crippen LogP contribution in [0.5, 0.6) is 0 Å². The van der Waals surface area contributed by atoms with E-state index in [1.54, 1.807) is 11.8 Å². The van der Waals surface area contributed by atoms with Crippen LogP contribution in [0.15, 0.2) is 75.9 Å². The van der Waals surface area contributed by atoms with Gasteiger partial charge in [-0.1, -0.05) is 48.2 Å². The summed E-state index contributed by atoms with van der Waals surface area (Å²) < 4.78 is 0. The van der Waals surface area contributed by atoms with E-state index in [-0.39, 0.29) is 5.91 Å². The maximum absolute atomic E-state index is 12.2. The molecular formula is C16H15NOS2. The molecule has 20 heavy (non-hydrogen) atoms. The second kappa shape index (κ2) is 7.82. The molecule has 0 atom stereocenters. The van der Waals surface area contributed by atoms with Crippen LogP contribution < -0.4 is 5.32 Å². The highest BCUT2D eigenvalue weighted by Gasteiger charge is 2.08. The first-order valence-electron chi connectivity index (χ1n) is 6.12. The molecule has 2 aromatic carbocycles. The van der Waals surface area contributed by atoms with Crippen LogP contribution in [0.25, 0.3) is 0 Å². The minimum Gasteiger partial charge on any atom is -0.322 e. The molecule has 0 aliphatic rings. The van der Waals surface area contributed by atoms with Gasteiger partial charge in [0.1, 0.15) is 0 Å². The summed E-state index contributed by atoms with van der Waals surface area (Å²) in [4.78, 5) is 14.0. The Hall–Kier alpha value is -1.65. The number of hydrogen-bond donors (Lipinski definition) is 1. The Morgan fingerprint density at radius 3 is 2.20 bits per heavy atom. The van der Waals surface area contributed by atoms with Crippen molar-refractivity contribution in [3.05, 3.63) is 71.0 Å². The molecule has 0 unspecified atom stereocenters. The Kier molecular flexibility index (Phi) is 5.77. The quantitative estimate of drug-likeness (QED) is 0.645. The van der Waals surface area contributed by atoms with Crippen LogP contribution in [0.4, 0.5) is 5.69 Å². The molecule has 2 nitrogen and oxygen atoms in total. The standard InChI is InChI=1S/C16H15NOS2/c1-19-15(12-20-14-10-6-3-7-11-14)16(18)17-13-8-4-2-5-9-13/h2-12H,1H3,(H,17,18)/b15-12-. The van der Waals surface area contributed by atoms with Crippen LogP contribution >= 0.6 is 23.5 Å². The fraction of sp³-hybridized carbons (Fsp3) is 0.0625. The van der Waals surface area contributed by atoms with Gasteiger partial charge in [-0.15, -0.1) is 11.8 Å². The van der Waals surface area contributed by atoms with E-state index in [2.05, 4.69) is 5.32 Å². The van der Waals surface area contributed by atoms with Crippen LogP contribution in [0, 0.1) is 0 Å². The van der Waals surface area contributed by atoms with Gasteiger partial charge in [-0.25, -0.2) is 0 Å². The van der Waals surface area contributed by atoms with E-state index in [1.807, 2.05) is 72.3 Å². The lowest BCUT2D eigenvalue weighted by Gasteiger charge is -2.06. The SMILES string of the molecule is CS/C(=C\Sc1ccccc1)C(=O)Nc1ccccc1. The Labute approximate surface area is 127 Å². The lowest BCUT2D eigenvalue weighted by Crippen LogP contribution is -2.12. The number of benzene rings is 2. The summed E-state index contributed by atoms with van der Waals surface area (Å²) in [5.41, 5.74) is 0.808. The maximum Gasteiger partial charge on any atom is 0.262 e. The van der Waals surface area contributed by atoms with Gasteiger partial charge in [0, 0.05) is 10.6 Å². The van der Waals surface area contributed by atoms with Crippen LogP contribution in [-0.4, -0.2) is 12.2 Å². The smallest absolute Gasteiger partial charge is 0.262 e. The Morgan fingerprint density at radius 2 is 1.60 bits per heavy atom. The highest BCUT2D eigenvalue weighted by molar-refractivity contribution is 8.06. The minimum atomic E-state index is -0.0767. The van der Waals surface area contributed by atoms with Crippen LogP contribution in [0.1, 0.15) is 0 Å². The molecule has 0 saturated carbocycles. The average Bonchev–Trinajstić information content (AvgIpc) is 2.50. The molecule has 4 heteroatoms. The molecule has 0 aliphatic carbocycles. The Bertz CT molecular complexity index is 582. The molecule has 0 fully saturated rings. The van der Waals surface area contributed by atoms with Crippen LogP contribution in [0.2, 0.25) is 0 Å². The van der Waals surface area contributed by atoms with E-state index in [9.17, 15) is 4.79 Å². The van der Waals surface area contributed by atoms with E-state index >= 15 is 0 Å². The largest absolute Gasteiger partial charge is 0.322 e. The van der Waals surface area contributed by atoms with Gasteiger partial charge in [0.05, 0.1) is 4.91 Å². The number of thioether (sulfide) groups is 2. The second-order valence-corrected chi connectivity index (χ2v) is 5.73.